The summed E-state index contributed by atoms with van der Waals surface area (Å²) in [6.07, 6.45) is 8.68. The number of nitrogens with zero attached hydrogens (tertiary/aromatic N) is 2. The summed E-state index contributed by atoms with van der Waals surface area (Å²) in [7, 11) is 2.20. The molecule has 0 aromatic heterocycles. The van der Waals surface area contributed by atoms with Gasteiger partial charge in [-0.2, -0.15) is 0 Å². The second-order valence-corrected chi connectivity index (χ2v) is 14.5. The number of piperazine rings is 1. The minimum Gasteiger partial charge on any atom is -0.510 e. The van der Waals surface area contributed by atoms with Crippen LogP contribution in [0, 0.1) is 23.2 Å². The van der Waals surface area contributed by atoms with Crippen LogP contribution >= 0.6 is 0 Å². The van der Waals surface area contributed by atoms with Gasteiger partial charge in [-0.05, 0) is 116 Å². The van der Waals surface area contributed by atoms with Crippen molar-refractivity contribution >= 4 is 0 Å². The van der Waals surface area contributed by atoms with Crippen LogP contribution in [0.4, 0.5) is 0 Å². The Balaban J connectivity index is 1.08. The minimum absolute atomic E-state index is 0.0895. The summed E-state index contributed by atoms with van der Waals surface area (Å²) in [4.78, 5) is 4.91. The van der Waals surface area contributed by atoms with E-state index in [1.54, 1.807) is 0 Å². The molecule has 4 fully saturated rings. The van der Waals surface area contributed by atoms with Crippen molar-refractivity contribution in [3.05, 3.63) is 76.6 Å². The van der Waals surface area contributed by atoms with Gasteiger partial charge < -0.3 is 19.8 Å². The maximum atomic E-state index is 11.9. The highest BCUT2D eigenvalue weighted by Gasteiger charge is 2.71. The number of ether oxygens (including phenoxy) is 1. The largest absolute Gasteiger partial charge is 0.510 e. The van der Waals surface area contributed by atoms with Gasteiger partial charge in [0.15, 0.2) is 0 Å². The Morgan fingerprint density at radius 3 is 2.46 bits per heavy atom. The minimum atomic E-state index is -1.06. The molecule has 0 radical (unpaired) electrons. The number of fused-ring (bicyclic) bond motifs is 7. The summed E-state index contributed by atoms with van der Waals surface area (Å²) in [6, 6.07) is 16.4. The summed E-state index contributed by atoms with van der Waals surface area (Å²) in [5.41, 5.74) is 4.46. The monoisotopic (exact) mass is 554 g/mol. The average Bonchev–Trinajstić information content (AvgIpc) is 3.81. The number of aliphatic hydroxyl groups is 2. The molecule has 0 bridgehead atoms. The third kappa shape index (κ3) is 4.06. The zero-order valence-corrected chi connectivity index (χ0v) is 24.8. The van der Waals surface area contributed by atoms with Crippen molar-refractivity contribution in [1.82, 2.24) is 9.80 Å². The molecule has 1 aliphatic heterocycles. The van der Waals surface area contributed by atoms with Crippen LogP contribution < -0.4 is 4.74 Å². The Morgan fingerprint density at radius 1 is 0.976 bits per heavy atom. The fraction of sp³-hybridized carbons (Fsp3) is 0.611. The van der Waals surface area contributed by atoms with E-state index in [-0.39, 0.29) is 17.1 Å². The quantitative estimate of drug-likeness (QED) is 0.469. The molecule has 5 nitrogen and oxygen atoms in total. The molecular weight excluding hydrogens is 508 g/mol. The molecule has 2 N–H and O–H groups in total. The molecule has 41 heavy (non-hydrogen) atoms. The van der Waals surface area contributed by atoms with Gasteiger partial charge in [0.25, 0.3) is 0 Å². The van der Waals surface area contributed by atoms with Crippen molar-refractivity contribution in [2.24, 2.45) is 23.2 Å². The van der Waals surface area contributed by atoms with Gasteiger partial charge in [0, 0.05) is 44.1 Å². The summed E-state index contributed by atoms with van der Waals surface area (Å²) < 4.78 is 6.31. The van der Waals surface area contributed by atoms with Gasteiger partial charge in [0.1, 0.15) is 23.7 Å². The molecule has 3 saturated carbocycles. The van der Waals surface area contributed by atoms with Gasteiger partial charge in [-0.25, -0.2) is 0 Å². The molecule has 7 atom stereocenters. The number of aryl methyl sites for hydroxylation is 1. The molecule has 5 aliphatic carbocycles. The van der Waals surface area contributed by atoms with Crippen LogP contribution in [-0.2, 0) is 6.42 Å². The van der Waals surface area contributed by atoms with Crippen molar-refractivity contribution in [2.75, 3.05) is 46.4 Å². The summed E-state index contributed by atoms with van der Waals surface area (Å²) >= 11 is 0. The van der Waals surface area contributed by atoms with E-state index in [4.69, 9.17) is 4.74 Å². The molecule has 6 aliphatic rings. The highest BCUT2D eigenvalue weighted by Crippen LogP contribution is 2.72. The summed E-state index contributed by atoms with van der Waals surface area (Å²) in [5.74, 6) is 3.76. The highest BCUT2D eigenvalue weighted by molar-refractivity contribution is 5.46. The number of hydrogen-bond donors (Lipinski definition) is 2. The third-order valence-electron chi connectivity index (χ3n) is 12.4. The fourth-order valence-electron chi connectivity index (χ4n) is 9.87. The first-order valence-electron chi connectivity index (χ1n) is 16.2. The van der Waals surface area contributed by atoms with Gasteiger partial charge in [-0.3, -0.25) is 4.90 Å². The van der Waals surface area contributed by atoms with Crippen LogP contribution in [0.15, 0.2) is 54.3 Å². The SMILES string of the molecule is CN1CCN(CCOc2ccc3c(c2)CC[C@@H]2C3[C@@H](c3ccc(C4CC4)cc3)C[C@@]3(C)[C@H]2CC2C=C(O)[C@]23O)CC1. The number of aliphatic hydroxyl groups excluding tert-OH is 1. The second kappa shape index (κ2) is 9.59. The number of hydrogen-bond acceptors (Lipinski definition) is 5. The molecule has 8 rings (SSSR count). The third-order valence-corrected chi connectivity index (χ3v) is 12.4. The lowest BCUT2D eigenvalue weighted by Gasteiger charge is -2.57. The molecular formula is C36H46N2O3. The van der Waals surface area contributed by atoms with Gasteiger partial charge in [0.2, 0.25) is 0 Å². The van der Waals surface area contributed by atoms with Crippen LogP contribution in [0.1, 0.15) is 79.0 Å². The van der Waals surface area contributed by atoms with Crippen LogP contribution in [0.2, 0.25) is 0 Å². The Kier molecular flexibility index (Phi) is 6.15. The van der Waals surface area contributed by atoms with Crippen LogP contribution in [0.5, 0.6) is 5.75 Å². The van der Waals surface area contributed by atoms with Crippen LogP contribution in [-0.4, -0.2) is 72.0 Å². The molecule has 2 aromatic rings. The van der Waals surface area contributed by atoms with Crippen molar-refractivity contribution < 1.29 is 14.9 Å². The molecule has 0 amide bonds. The topological polar surface area (TPSA) is 56.2 Å². The normalized spacial score (nSPS) is 38.2. The Hall–Kier alpha value is -2.34. The van der Waals surface area contributed by atoms with Crippen molar-refractivity contribution in [3.8, 4) is 5.75 Å². The van der Waals surface area contributed by atoms with E-state index in [1.165, 1.54) is 35.1 Å². The van der Waals surface area contributed by atoms with Crippen molar-refractivity contribution in [3.63, 3.8) is 0 Å². The first kappa shape index (κ1) is 26.3. The predicted octanol–water partition coefficient (Wildman–Crippen LogP) is 5.85. The first-order chi connectivity index (χ1) is 19.8. The van der Waals surface area contributed by atoms with E-state index in [1.807, 2.05) is 6.08 Å². The van der Waals surface area contributed by atoms with Gasteiger partial charge in [0.05, 0.1) is 0 Å². The number of benzene rings is 2. The lowest BCUT2D eigenvalue weighted by molar-refractivity contribution is -0.129. The standard InChI is InChI=1S/C36H46N2O3/c1-35-22-31(25-7-5-24(6-8-25)23-3-4-23)34-29-12-10-28(41-18-17-38-15-13-37(2)14-16-38)19-26(29)9-11-30(34)32(35)20-27-21-33(39)36(27,35)40/h5-8,10,12,19,21,23,27,30-32,34,39-40H,3-4,9,11,13-18,20,22H2,1-2H3/t27?,30-,31+,32-,34?,35-,36+/m0/s1. The Morgan fingerprint density at radius 2 is 1.73 bits per heavy atom. The molecule has 2 unspecified atom stereocenters. The van der Waals surface area contributed by atoms with E-state index in [0.29, 0.717) is 23.7 Å². The predicted molar refractivity (Wildman–Crippen MR) is 162 cm³/mol. The van der Waals surface area contributed by atoms with Crippen LogP contribution in [0.3, 0.4) is 0 Å². The zero-order chi connectivity index (χ0) is 27.9. The second-order valence-electron chi connectivity index (χ2n) is 14.5. The molecule has 1 saturated heterocycles. The highest BCUT2D eigenvalue weighted by atomic mass is 16.5. The molecule has 2 aromatic carbocycles. The summed E-state index contributed by atoms with van der Waals surface area (Å²) in [6.45, 7) is 8.54. The molecule has 1 heterocycles. The molecule has 5 heteroatoms. The molecule has 218 valence electrons. The maximum absolute atomic E-state index is 11.9. The van der Waals surface area contributed by atoms with E-state index < -0.39 is 5.60 Å². The number of likely N-dealkylation sites (N-methyl/N-ethyl adjacent to an activating group) is 1. The summed E-state index contributed by atoms with van der Waals surface area (Å²) in [5, 5.41) is 22.7. The van der Waals surface area contributed by atoms with Crippen molar-refractivity contribution in [1.29, 1.82) is 0 Å². The Bertz CT molecular complexity index is 1340. The van der Waals surface area contributed by atoms with E-state index in [0.717, 1.165) is 76.7 Å². The lowest BCUT2D eigenvalue weighted by atomic mass is 9.48. The van der Waals surface area contributed by atoms with Gasteiger partial charge in [-0.15, -0.1) is 0 Å². The van der Waals surface area contributed by atoms with Crippen LogP contribution in [0.25, 0.3) is 0 Å². The van der Waals surface area contributed by atoms with E-state index in [2.05, 4.69) is 66.2 Å². The lowest BCUT2D eigenvalue weighted by Crippen LogP contribution is -2.58. The van der Waals surface area contributed by atoms with Gasteiger partial charge >= 0.3 is 0 Å². The van der Waals surface area contributed by atoms with Crippen molar-refractivity contribution in [2.45, 2.75) is 68.8 Å². The average molecular weight is 555 g/mol. The Labute approximate surface area is 245 Å². The maximum Gasteiger partial charge on any atom is 0.133 e. The van der Waals surface area contributed by atoms with E-state index >= 15 is 0 Å². The smallest absolute Gasteiger partial charge is 0.133 e. The first-order valence-corrected chi connectivity index (χ1v) is 16.2. The fourth-order valence-corrected chi connectivity index (χ4v) is 9.87. The molecule has 0 spiro atoms. The van der Waals surface area contributed by atoms with Gasteiger partial charge in [-0.1, -0.05) is 37.3 Å². The zero-order valence-electron chi connectivity index (χ0n) is 24.8. The van der Waals surface area contributed by atoms with E-state index in [9.17, 15) is 10.2 Å². The number of rotatable bonds is 6.